The van der Waals surface area contributed by atoms with Crippen LogP contribution < -0.4 is 10.6 Å². The van der Waals surface area contributed by atoms with Gasteiger partial charge in [0.25, 0.3) is 0 Å². The van der Waals surface area contributed by atoms with Gasteiger partial charge in [-0.05, 0) is 44.4 Å². The van der Waals surface area contributed by atoms with E-state index in [9.17, 15) is 0 Å². The molecule has 1 saturated carbocycles. The van der Waals surface area contributed by atoms with Crippen LogP contribution in [0.5, 0.6) is 0 Å². The summed E-state index contributed by atoms with van der Waals surface area (Å²) in [5, 5.41) is 10.3. The minimum atomic E-state index is 0.540. The first kappa shape index (κ1) is 17.3. The van der Waals surface area contributed by atoms with Crippen LogP contribution in [0.2, 0.25) is 0 Å². The zero-order valence-electron chi connectivity index (χ0n) is 14.4. The summed E-state index contributed by atoms with van der Waals surface area (Å²) in [5.41, 5.74) is 1.07. The van der Waals surface area contributed by atoms with Gasteiger partial charge in [-0.25, -0.2) is 9.98 Å². The fraction of sp³-hybridized carbons (Fsp3) is 0.765. The molecule has 2 atom stereocenters. The minimum absolute atomic E-state index is 0.540. The highest BCUT2D eigenvalue weighted by Crippen LogP contribution is 2.28. The Kier molecular flexibility index (Phi) is 6.68. The van der Waals surface area contributed by atoms with Crippen molar-refractivity contribution >= 4 is 17.3 Å². The van der Waals surface area contributed by atoms with Crippen LogP contribution in [0, 0.1) is 11.8 Å². The second-order valence-corrected chi connectivity index (χ2v) is 7.48. The standard InChI is InChI=1S/C17H30N4S/c1-5-16-20-15(11-22-16)10-19-17(18-6-2)21-14-8-12(3)7-13(4)9-14/h11-14H,5-10H2,1-4H3,(H2,18,19,21). The first-order valence-corrected chi connectivity index (χ1v) is 9.46. The summed E-state index contributed by atoms with van der Waals surface area (Å²) in [4.78, 5) is 9.30. The molecule has 1 aliphatic rings. The Hall–Kier alpha value is -1.10. The maximum atomic E-state index is 4.71. The largest absolute Gasteiger partial charge is 0.357 e. The third-order valence-corrected chi connectivity index (χ3v) is 5.21. The quantitative estimate of drug-likeness (QED) is 0.643. The Bertz CT molecular complexity index is 473. The summed E-state index contributed by atoms with van der Waals surface area (Å²) in [6.07, 6.45) is 4.84. The number of rotatable bonds is 5. The second kappa shape index (κ2) is 8.51. The van der Waals surface area contributed by atoms with E-state index in [1.807, 2.05) is 0 Å². The third kappa shape index (κ3) is 5.27. The summed E-state index contributed by atoms with van der Waals surface area (Å²) < 4.78 is 0. The highest BCUT2D eigenvalue weighted by molar-refractivity contribution is 7.09. The SMILES string of the molecule is CCNC(=NCc1csc(CC)n1)NC1CC(C)CC(C)C1. The molecule has 2 rings (SSSR count). The van der Waals surface area contributed by atoms with E-state index in [2.05, 4.69) is 48.7 Å². The monoisotopic (exact) mass is 322 g/mol. The molecule has 0 aliphatic heterocycles. The Balaban J connectivity index is 1.94. The molecule has 4 nitrogen and oxygen atoms in total. The summed E-state index contributed by atoms with van der Waals surface area (Å²) in [7, 11) is 0. The lowest BCUT2D eigenvalue weighted by Gasteiger charge is -2.32. The number of aromatic nitrogens is 1. The summed E-state index contributed by atoms with van der Waals surface area (Å²) in [6.45, 7) is 10.5. The van der Waals surface area contributed by atoms with Gasteiger partial charge in [-0.3, -0.25) is 0 Å². The number of aryl methyl sites for hydroxylation is 1. The van der Waals surface area contributed by atoms with Crippen molar-refractivity contribution in [2.75, 3.05) is 6.54 Å². The van der Waals surface area contributed by atoms with Gasteiger partial charge >= 0.3 is 0 Å². The highest BCUT2D eigenvalue weighted by Gasteiger charge is 2.24. The minimum Gasteiger partial charge on any atom is -0.357 e. The van der Waals surface area contributed by atoms with Gasteiger partial charge in [-0.2, -0.15) is 0 Å². The molecule has 0 bridgehead atoms. The third-order valence-electron chi connectivity index (χ3n) is 4.16. The summed E-state index contributed by atoms with van der Waals surface area (Å²) in [6, 6.07) is 0.540. The molecule has 1 heterocycles. The van der Waals surface area contributed by atoms with Gasteiger partial charge in [0.15, 0.2) is 5.96 Å². The molecule has 1 aromatic heterocycles. The maximum Gasteiger partial charge on any atom is 0.191 e. The number of thiazole rings is 1. The van der Waals surface area contributed by atoms with Crippen LogP contribution in [0.4, 0.5) is 0 Å². The lowest BCUT2D eigenvalue weighted by Crippen LogP contribution is -2.46. The molecule has 0 saturated heterocycles. The van der Waals surface area contributed by atoms with Crippen molar-refractivity contribution in [3.8, 4) is 0 Å². The van der Waals surface area contributed by atoms with Crippen LogP contribution >= 0.6 is 11.3 Å². The van der Waals surface area contributed by atoms with Crippen molar-refractivity contribution in [2.45, 2.75) is 66.0 Å². The predicted octanol–water partition coefficient (Wildman–Crippen LogP) is 3.59. The van der Waals surface area contributed by atoms with E-state index in [0.717, 1.165) is 36.5 Å². The number of hydrogen-bond acceptors (Lipinski definition) is 3. The first-order valence-electron chi connectivity index (χ1n) is 8.58. The molecule has 2 N–H and O–H groups in total. The van der Waals surface area contributed by atoms with Crippen LogP contribution in [0.1, 0.15) is 57.7 Å². The summed E-state index contributed by atoms with van der Waals surface area (Å²) >= 11 is 1.73. The predicted molar refractivity (Wildman–Crippen MR) is 95.4 cm³/mol. The Morgan fingerprint density at radius 2 is 2.00 bits per heavy atom. The number of aliphatic imine (C=N–C) groups is 1. The normalized spacial score (nSPS) is 26.0. The van der Waals surface area contributed by atoms with Gasteiger partial charge in [-0.1, -0.05) is 20.8 Å². The van der Waals surface area contributed by atoms with Gasteiger partial charge in [0, 0.05) is 18.0 Å². The Morgan fingerprint density at radius 1 is 1.27 bits per heavy atom. The van der Waals surface area contributed by atoms with E-state index in [1.165, 1.54) is 24.3 Å². The van der Waals surface area contributed by atoms with Crippen LogP contribution in [0.3, 0.4) is 0 Å². The maximum absolute atomic E-state index is 4.71. The topological polar surface area (TPSA) is 49.3 Å². The molecule has 0 spiro atoms. The zero-order chi connectivity index (χ0) is 15.9. The lowest BCUT2D eigenvalue weighted by molar-refractivity contribution is 0.255. The van der Waals surface area contributed by atoms with Crippen molar-refractivity contribution < 1.29 is 0 Å². The van der Waals surface area contributed by atoms with E-state index >= 15 is 0 Å². The molecule has 0 radical (unpaired) electrons. The van der Waals surface area contributed by atoms with E-state index < -0.39 is 0 Å². The Labute approximate surface area is 138 Å². The molecule has 1 aliphatic carbocycles. The number of hydrogen-bond donors (Lipinski definition) is 2. The molecular formula is C17H30N4S. The van der Waals surface area contributed by atoms with E-state index in [4.69, 9.17) is 4.99 Å². The van der Waals surface area contributed by atoms with E-state index in [-0.39, 0.29) is 0 Å². The van der Waals surface area contributed by atoms with Crippen molar-refractivity contribution in [3.63, 3.8) is 0 Å². The molecule has 1 fully saturated rings. The molecule has 5 heteroatoms. The van der Waals surface area contributed by atoms with Gasteiger partial charge in [0.05, 0.1) is 17.2 Å². The van der Waals surface area contributed by atoms with Gasteiger partial charge < -0.3 is 10.6 Å². The fourth-order valence-electron chi connectivity index (χ4n) is 3.32. The van der Waals surface area contributed by atoms with E-state index in [0.29, 0.717) is 12.6 Å². The van der Waals surface area contributed by atoms with Gasteiger partial charge in [-0.15, -0.1) is 11.3 Å². The first-order chi connectivity index (χ1) is 10.6. The van der Waals surface area contributed by atoms with Crippen LogP contribution in [0.15, 0.2) is 10.4 Å². The Morgan fingerprint density at radius 3 is 2.59 bits per heavy atom. The molecular weight excluding hydrogens is 292 g/mol. The van der Waals surface area contributed by atoms with E-state index in [1.54, 1.807) is 11.3 Å². The van der Waals surface area contributed by atoms with Crippen molar-refractivity contribution in [1.82, 2.24) is 15.6 Å². The van der Waals surface area contributed by atoms with Gasteiger partial charge in [0.2, 0.25) is 0 Å². The van der Waals surface area contributed by atoms with Gasteiger partial charge in [0.1, 0.15) is 0 Å². The number of guanidine groups is 1. The molecule has 2 unspecified atom stereocenters. The average Bonchev–Trinajstić information content (AvgIpc) is 2.92. The summed E-state index contributed by atoms with van der Waals surface area (Å²) in [5.74, 6) is 2.53. The molecule has 0 amide bonds. The average molecular weight is 323 g/mol. The molecule has 124 valence electrons. The van der Waals surface area contributed by atoms with Crippen LogP contribution in [-0.4, -0.2) is 23.5 Å². The second-order valence-electron chi connectivity index (χ2n) is 6.54. The highest BCUT2D eigenvalue weighted by atomic mass is 32.1. The van der Waals surface area contributed by atoms with Crippen molar-refractivity contribution in [3.05, 3.63) is 16.1 Å². The number of nitrogens with zero attached hydrogens (tertiary/aromatic N) is 2. The van der Waals surface area contributed by atoms with Crippen LogP contribution in [0.25, 0.3) is 0 Å². The van der Waals surface area contributed by atoms with Crippen molar-refractivity contribution in [1.29, 1.82) is 0 Å². The van der Waals surface area contributed by atoms with Crippen molar-refractivity contribution in [2.24, 2.45) is 16.8 Å². The lowest BCUT2D eigenvalue weighted by atomic mass is 9.80. The number of nitrogens with one attached hydrogen (secondary N) is 2. The fourth-order valence-corrected chi connectivity index (χ4v) is 4.06. The molecule has 1 aromatic rings. The zero-order valence-corrected chi connectivity index (χ0v) is 15.2. The molecule has 22 heavy (non-hydrogen) atoms. The van der Waals surface area contributed by atoms with Crippen LogP contribution in [-0.2, 0) is 13.0 Å². The smallest absolute Gasteiger partial charge is 0.191 e. The molecule has 0 aromatic carbocycles.